The van der Waals surface area contributed by atoms with Crippen LogP contribution in [0.2, 0.25) is 0 Å². The number of hydrogen-bond donors (Lipinski definition) is 2. The number of carbonyl (C=O) groups is 2. The maximum atomic E-state index is 13.5. The van der Waals surface area contributed by atoms with E-state index >= 15 is 0 Å². The minimum atomic E-state index is -0.915. The summed E-state index contributed by atoms with van der Waals surface area (Å²) in [5.74, 6) is -0.740. The van der Waals surface area contributed by atoms with E-state index in [1.165, 1.54) is 12.1 Å². The highest BCUT2D eigenvalue weighted by atomic mass is 19.1. The quantitative estimate of drug-likeness (QED) is 0.566. The van der Waals surface area contributed by atoms with E-state index in [-0.39, 0.29) is 23.5 Å². The summed E-state index contributed by atoms with van der Waals surface area (Å²) in [4.78, 5) is 31.1. The van der Waals surface area contributed by atoms with E-state index in [2.05, 4.69) is 17.1 Å². The number of likely N-dealkylation sites (tertiary alicyclic amines) is 1. The van der Waals surface area contributed by atoms with Crippen LogP contribution in [0.1, 0.15) is 63.4 Å². The predicted octanol–water partition coefficient (Wildman–Crippen LogP) is 3.11. The fraction of sp³-hybridized carbons (Fsp3) is 0.607. The van der Waals surface area contributed by atoms with Gasteiger partial charge in [0.25, 0.3) is 0 Å². The standard InChI is InChI=1S/C28H40FN5O3/c1-6-7-14-33-26(36)24(25(35)18(2)3)30-27(37)28(33)12-15-32(16-13-28)17-23-19(4)31-34(20(23)5)22-10-8-21(29)9-11-22/h8-11,18,24-25,35H,6-7,12-17H2,1-5H3,(H,30,37). The number of aliphatic hydroxyl groups excluding tert-OH is 1. The first-order valence-corrected chi connectivity index (χ1v) is 13.4. The molecule has 2 N–H and O–H groups in total. The molecule has 2 unspecified atom stereocenters. The molecule has 4 rings (SSSR count). The Hall–Kier alpha value is -2.78. The van der Waals surface area contributed by atoms with Crippen LogP contribution in [0.3, 0.4) is 0 Å². The van der Waals surface area contributed by atoms with Gasteiger partial charge in [-0.2, -0.15) is 5.10 Å². The number of halogens is 1. The molecule has 1 aromatic carbocycles. The summed E-state index contributed by atoms with van der Waals surface area (Å²) in [5, 5.41) is 18.2. The second-order valence-corrected chi connectivity index (χ2v) is 10.9. The van der Waals surface area contributed by atoms with E-state index in [4.69, 9.17) is 5.10 Å². The molecule has 2 fully saturated rings. The third-order valence-electron chi connectivity index (χ3n) is 8.10. The van der Waals surface area contributed by atoms with E-state index in [0.717, 1.165) is 35.5 Å². The average Bonchev–Trinajstić information content (AvgIpc) is 3.15. The highest BCUT2D eigenvalue weighted by Gasteiger charge is 2.54. The molecule has 2 aliphatic rings. The van der Waals surface area contributed by atoms with Crippen molar-refractivity contribution in [1.82, 2.24) is 24.9 Å². The van der Waals surface area contributed by atoms with E-state index in [1.54, 1.807) is 17.0 Å². The van der Waals surface area contributed by atoms with Crippen molar-refractivity contribution in [2.45, 2.75) is 84.5 Å². The monoisotopic (exact) mass is 513 g/mol. The Labute approximate surface area is 218 Å². The van der Waals surface area contributed by atoms with Crippen molar-refractivity contribution in [3.05, 3.63) is 47.0 Å². The maximum absolute atomic E-state index is 13.5. The van der Waals surface area contributed by atoms with E-state index in [0.29, 0.717) is 39.0 Å². The second kappa shape index (κ2) is 10.9. The van der Waals surface area contributed by atoms with Crippen LogP contribution in [0.15, 0.2) is 24.3 Å². The number of piperidine rings is 1. The number of hydrogen-bond acceptors (Lipinski definition) is 5. The van der Waals surface area contributed by atoms with Crippen molar-refractivity contribution < 1.29 is 19.1 Å². The lowest BCUT2D eigenvalue weighted by molar-refractivity contribution is -0.165. The molecule has 3 heterocycles. The van der Waals surface area contributed by atoms with E-state index < -0.39 is 17.7 Å². The van der Waals surface area contributed by atoms with Crippen LogP contribution >= 0.6 is 0 Å². The lowest BCUT2D eigenvalue weighted by Gasteiger charge is -2.52. The fourth-order valence-corrected chi connectivity index (χ4v) is 5.63. The van der Waals surface area contributed by atoms with Crippen molar-refractivity contribution in [3.63, 3.8) is 0 Å². The Balaban J connectivity index is 1.51. The Bertz CT molecular complexity index is 1120. The van der Waals surface area contributed by atoms with Crippen LogP contribution < -0.4 is 5.32 Å². The first-order chi connectivity index (χ1) is 17.6. The van der Waals surface area contributed by atoms with Crippen LogP contribution in [-0.4, -0.2) is 73.8 Å². The zero-order chi connectivity index (χ0) is 26.9. The van der Waals surface area contributed by atoms with Crippen molar-refractivity contribution in [2.24, 2.45) is 5.92 Å². The third-order valence-corrected chi connectivity index (χ3v) is 8.10. The van der Waals surface area contributed by atoms with Gasteiger partial charge in [-0.25, -0.2) is 9.07 Å². The summed E-state index contributed by atoms with van der Waals surface area (Å²) in [7, 11) is 0. The summed E-state index contributed by atoms with van der Waals surface area (Å²) >= 11 is 0. The van der Waals surface area contributed by atoms with Crippen molar-refractivity contribution in [1.29, 1.82) is 0 Å². The molecular weight excluding hydrogens is 473 g/mol. The molecule has 37 heavy (non-hydrogen) atoms. The van der Waals surface area contributed by atoms with Crippen molar-refractivity contribution in [3.8, 4) is 5.69 Å². The fourth-order valence-electron chi connectivity index (χ4n) is 5.63. The Morgan fingerprint density at radius 2 is 1.81 bits per heavy atom. The molecule has 202 valence electrons. The minimum Gasteiger partial charge on any atom is -0.390 e. The number of carbonyl (C=O) groups excluding carboxylic acids is 2. The van der Waals surface area contributed by atoms with Gasteiger partial charge in [-0.1, -0.05) is 27.2 Å². The highest BCUT2D eigenvalue weighted by molar-refractivity contribution is 6.00. The molecule has 2 amide bonds. The smallest absolute Gasteiger partial charge is 0.248 e. The van der Waals surface area contributed by atoms with Crippen LogP contribution in [0.25, 0.3) is 5.69 Å². The molecule has 8 nitrogen and oxygen atoms in total. The van der Waals surface area contributed by atoms with Gasteiger partial charge in [0.05, 0.1) is 17.5 Å². The summed E-state index contributed by atoms with van der Waals surface area (Å²) in [5.41, 5.74) is 2.98. The van der Waals surface area contributed by atoms with Crippen LogP contribution in [0.5, 0.6) is 0 Å². The van der Waals surface area contributed by atoms with E-state index in [1.807, 2.05) is 32.4 Å². The highest BCUT2D eigenvalue weighted by Crippen LogP contribution is 2.35. The maximum Gasteiger partial charge on any atom is 0.248 e. The van der Waals surface area contributed by atoms with Crippen LogP contribution in [0, 0.1) is 25.6 Å². The number of aromatic nitrogens is 2. The molecule has 0 radical (unpaired) electrons. The molecule has 9 heteroatoms. The zero-order valence-corrected chi connectivity index (χ0v) is 22.6. The van der Waals surface area contributed by atoms with Gasteiger partial charge in [-0.15, -0.1) is 0 Å². The number of unbranched alkanes of at least 4 members (excludes halogenated alkanes) is 1. The molecule has 0 saturated carbocycles. The van der Waals surface area contributed by atoms with Crippen LogP contribution in [0.4, 0.5) is 4.39 Å². The Morgan fingerprint density at radius 3 is 2.41 bits per heavy atom. The third kappa shape index (κ3) is 5.16. The first-order valence-electron chi connectivity index (χ1n) is 13.4. The molecule has 1 spiro atoms. The molecule has 2 atom stereocenters. The predicted molar refractivity (Wildman–Crippen MR) is 140 cm³/mol. The van der Waals surface area contributed by atoms with Gasteiger partial charge in [-0.05, 0) is 63.3 Å². The largest absolute Gasteiger partial charge is 0.390 e. The molecule has 2 aromatic rings. The normalized spacial score (nSPS) is 21.1. The van der Waals surface area contributed by atoms with Crippen molar-refractivity contribution >= 4 is 11.8 Å². The molecule has 2 saturated heterocycles. The van der Waals surface area contributed by atoms with Gasteiger partial charge >= 0.3 is 0 Å². The average molecular weight is 514 g/mol. The molecule has 0 bridgehead atoms. The number of benzene rings is 1. The summed E-state index contributed by atoms with van der Waals surface area (Å²) in [6, 6.07) is 5.41. The number of piperazine rings is 1. The number of rotatable bonds is 8. The van der Waals surface area contributed by atoms with Crippen LogP contribution in [-0.2, 0) is 16.1 Å². The minimum absolute atomic E-state index is 0.138. The van der Waals surface area contributed by atoms with Gasteiger partial charge in [0.1, 0.15) is 17.4 Å². The van der Waals surface area contributed by atoms with E-state index in [9.17, 15) is 19.1 Å². The van der Waals surface area contributed by atoms with Gasteiger partial charge < -0.3 is 15.3 Å². The Kier molecular flexibility index (Phi) is 8.04. The molecule has 0 aliphatic carbocycles. The number of nitrogens with zero attached hydrogens (tertiary/aromatic N) is 4. The summed E-state index contributed by atoms with van der Waals surface area (Å²) in [6.45, 7) is 12.3. The lowest BCUT2D eigenvalue weighted by atomic mass is 9.80. The summed E-state index contributed by atoms with van der Waals surface area (Å²) < 4.78 is 15.2. The SMILES string of the molecule is CCCCN1C(=O)C(C(O)C(C)C)NC(=O)C12CCN(Cc1c(C)nn(-c3ccc(F)cc3)c1C)CC2. The first kappa shape index (κ1) is 27.3. The molecular formula is C28H40FN5O3. The number of nitrogens with one attached hydrogen (secondary N) is 1. The molecule has 2 aliphatic heterocycles. The zero-order valence-electron chi connectivity index (χ0n) is 22.6. The van der Waals surface area contributed by atoms with Gasteiger partial charge in [-0.3, -0.25) is 14.5 Å². The Morgan fingerprint density at radius 1 is 1.16 bits per heavy atom. The lowest BCUT2D eigenvalue weighted by Crippen LogP contribution is -2.74. The van der Waals surface area contributed by atoms with Crippen molar-refractivity contribution in [2.75, 3.05) is 19.6 Å². The number of aliphatic hydroxyl groups is 1. The van der Waals surface area contributed by atoms with Gasteiger partial charge in [0.2, 0.25) is 11.8 Å². The van der Waals surface area contributed by atoms with Gasteiger partial charge in [0.15, 0.2) is 0 Å². The number of amides is 2. The summed E-state index contributed by atoms with van der Waals surface area (Å²) in [6.07, 6.45) is 1.91. The second-order valence-electron chi connectivity index (χ2n) is 10.9. The molecule has 1 aromatic heterocycles. The topological polar surface area (TPSA) is 90.7 Å². The number of aryl methyl sites for hydroxylation is 1. The van der Waals surface area contributed by atoms with Gasteiger partial charge in [0, 0.05) is 37.4 Å².